The summed E-state index contributed by atoms with van der Waals surface area (Å²) >= 11 is 0. The topological polar surface area (TPSA) is 67.4 Å². The normalized spacial score (nSPS) is 28.9. The number of alkyl halides is 7. The minimum absolute atomic E-state index is 0.958. The van der Waals surface area contributed by atoms with Gasteiger partial charge >= 0.3 is 24.1 Å². The van der Waals surface area contributed by atoms with Crippen molar-refractivity contribution in [3.8, 4) is 0 Å². The number of hydrogen-bond acceptors (Lipinski definition) is 3. The van der Waals surface area contributed by atoms with Gasteiger partial charge in [-0.15, -0.1) is 0 Å². The van der Waals surface area contributed by atoms with E-state index in [-0.39, 0.29) is 0 Å². The molecule has 0 saturated carbocycles. The Labute approximate surface area is 99.6 Å². The summed E-state index contributed by atoms with van der Waals surface area (Å²) < 4.78 is 90.0. The number of halogens is 7. The predicted molar refractivity (Wildman–Crippen MR) is 42.4 cm³/mol. The van der Waals surface area contributed by atoms with Gasteiger partial charge in [0, 0.05) is 0 Å². The molecule has 2 atom stereocenters. The zero-order valence-corrected chi connectivity index (χ0v) is 8.65. The molecule has 2 N–H and O–H groups in total. The van der Waals surface area contributed by atoms with Crippen LogP contribution in [-0.4, -0.2) is 42.8 Å². The molecule has 1 aliphatic heterocycles. The molecule has 12 heteroatoms. The third-order valence-corrected chi connectivity index (χ3v) is 2.01. The van der Waals surface area contributed by atoms with Gasteiger partial charge in [-0.3, -0.25) is 10.1 Å². The minimum atomic E-state index is -5.87. The van der Waals surface area contributed by atoms with E-state index in [0.29, 0.717) is 0 Å². The number of ether oxygens (including phenoxy) is 1. The number of hydrogen-bond donors (Lipinski definition) is 2. The summed E-state index contributed by atoms with van der Waals surface area (Å²) in [5.41, 5.74) is -4.81. The smallest absolute Gasteiger partial charge is 0.345 e. The van der Waals surface area contributed by atoms with Gasteiger partial charge in [-0.1, -0.05) is 0 Å². The van der Waals surface area contributed by atoms with Crippen molar-refractivity contribution < 1.29 is 45.1 Å². The summed E-state index contributed by atoms with van der Waals surface area (Å²) in [6.07, 6.45) is -14.1. The average Bonchev–Trinajstić information content (AvgIpc) is 2.18. The maximum Gasteiger partial charge on any atom is 0.436 e. The van der Waals surface area contributed by atoms with Gasteiger partial charge < -0.3 is 10.1 Å². The van der Waals surface area contributed by atoms with Crippen molar-refractivity contribution in [2.45, 2.75) is 24.2 Å². The van der Waals surface area contributed by atoms with E-state index in [1.807, 2.05) is 0 Å². The number of carbonyl (C=O) groups is 2. The molecule has 0 radical (unpaired) electrons. The molecule has 1 aliphatic rings. The van der Waals surface area contributed by atoms with Crippen LogP contribution in [0.25, 0.3) is 0 Å². The summed E-state index contributed by atoms with van der Waals surface area (Å²) in [6, 6.07) is -1.60. The quantitative estimate of drug-likeness (QED) is 0.747. The van der Waals surface area contributed by atoms with E-state index in [1.54, 1.807) is 0 Å². The first-order chi connectivity index (χ1) is 8.38. The Balaban J connectivity index is 3.01. The van der Waals surface area contributed by atoms with E-state index >= 15 is 0 Å². The first-order valence-electron chi connectivity index (χ1n) is 4.44. The van der Waals surface area contributed by atoms with Crippen LogP contribution in [-0.2, 0) is 9.53 Å². The molecule has 1 saturated heterocycles. The van der Waals surface area contributed by atoms with Gasteiger partial charge in [0.1, 0.15) is 6.61 Å². The molecule has 1 rings (SSSR count). The largest absolute Gasteiger partial charge is 0.436 e. The van der Waals surface area contributed by atoms with Crippen LogP contribution < -0.4 is 10.6 Å². The number of carbonyl (C=O) groups excluding carboxylic acids is 2. The molecule has 0 aliphatic carbocycles. The highest BCUT2D eigenvalue weighted by atomic mass is 19.4. The minimum Gasteiger partial charge on any atom is -0.345 e. The van der Waals surface area contributed by atoms with Crippen molar-refractivity contribution in [2.24, 2.45) is 0 Å². The fraction of sp³-hybridized carbons (Fsp3) is 0.714. The highest BCUT2D eigenvalue weighted by Crippen LogP contribution is 2.39. The lowest BCUT2D eigenvalue weighted by molar-refractivity contribution is -0.276. The third-order valence-electron chi connectivity index (χ3n) is 2.01. The molecule has 0 bridgehead atoms. The Morgan fingerprint density at radius 3 is 2.11 bits per heavy atom. The second-order valence-corrected chi connectivity index (χ2v) is 3.44. The maximum absolute atomic E-state index is 13.6. The van der Waals surface area contributed by atoms with Crippen molar-refractivity contribution in [3.05, 3.63) is 0 Å². The summed E-state index contributed by atoms with van der Waals surface area (Å²) in [7, 11) is 0. The molecule has 1 fully saturated rings. The Morgan fingerprint density at radius 1 is 1.16 bits per heavy atom. The molecular weight excluding hydrogens is 293 g/mol. The van der Waals surface area contributed by atoms with Gasteiger partial charge in [0.05, 0.1) is 0 Å². The monoisotopic (exact) mass is 298 g/mol. The summed E-state index contributed by atoms with van der Waals surface area (Å²) in [5, 5.41) is 2.09. The van der Waals surface area contributed by atoms with Crippen molar-refractivity contribution >= 4 is 11.9 Å². The summed E-state index contributed by atoms with van der Waals surface area (Å²) in [6.45, 7) is -2.27. The van der Waals surface area contributed by atoms with Gasteiger partial charge in [0.15, 0.2) is 6.23 Å². The van der Waals surface area contributed by atoms with Crippen LogP contribution in [0.3, 0.4) is 0 Å². The summed E-state index contributed by atoms with van der Waals surface area (Å²) in [4.78, 5) is 21.6. The molecule has 0 aromatic carbocycles. The van der Waals surface area contributed by atoms with E-state index in [1.165, 1.54) is 0 Å². The SMILES string of the molecule is O=C1NC(=O)[C@@](F)(C(F)(F)F)[C@@H](OCC(F)(F)F)N1. The predicted octanol–water partition coefficient (Wildman–Crippen LogP) is 1.00. The second-order valence-electron chi connectivity index (χ2n) is 3.44. The molecule has 0 spiro atoms. The van der Waals surface area contributed by atoms with Crippen LogP contribution in [0.2, 0.25) is 0 Å². The number of imide groups is 1. The molecule has 3 amide bonds. The van der Waals surface area contributed by atoms with Crippen molar-refractivity contribution in [1.82, 2.24) is 10.6 Å². The van der Waals surface area contributed by atoms with E-state index in [0.717, 1.165) is 10.6 Å². The second kappa shape index (κ2) is 4.51. The van der Waals surface area contributed by atoms with Crippen molar-refractivity contribution in [3.63, 3.8) is 0 Å². The van der Waals surface area contributed by atoms with Crippen LogP contribution in [0, 0.1) is 0 Å². The number of rotatable bonds is 2. The summed E-state index contributed by atoms with van der Waals surface area (Å²) in [5.74, 6) is -2.45. The lowest BCUT2D eigenvalue weighted by atomic mass is 10.0. The van der Waals surface area contributed by atoms with Crippen LogP contribution in [0.1, 0.15) is 0 Å². The maximum atomic E-state index is 13.6. The molecule has 5 nitrogen and oxygen atoms in total. The molecule has 0 aromatic heterocycles. The van der Waals surface area contributed by atoms with Gasteiger partial charge in [0.2, 0.25) is 0 Å². The first kappa shape index (κ1) is 15.5. The van der Waals surface area contributed by atoms with Gasteiger partial charge in [-0.2, -0.15) is 26.3 Å². The van der Waals surface area contributed by atoms with Gasteiger partial charge in [-0.25, -0.2) is 9.18 Å². The average molecular weight is 298 g/mol. The van der Waals surface area contributed by atoms with E-state index in [2.05, 4.69) is 4.74 Å². The van der Waals surface area contributed by atoms with Gasteiger partial charge in [-0.05, 0) is 0 Å². The molecule has 19 heavy (non-hydrogen) atoms. The van der Waals surface area contributed by atoms with E-state index in [4.69, 9.17) is 0 Å². The van der Waals surface area contributed by atoms with Crippen molar-refractivity contribution in [1.29, 1.82) is 0 Å². The van der Waals surface area contributed by atoms with Crippen LogP contribution >= 0.6 is 0 Å². The fourth-order valence-electron chi connectivity index (χ4n) is 1.18. The zero-order valence-electron chi connectivity index (χ0n) is 8.65. The highest BCUT2D eigenvalue weighted by molar-refractivity contribution is 6.02. The number of amides is 3. The van der Waals surface area contributed by atoms with Crippen LogP contribution in [0.15, 0.2) is 0 Å². The molecule has 0 aromatic rings. The molecule has 0 unspecified atom stereocenters. The standard InChI is InChI=1S/C7H5F7N2O3/c8-5(9,10)1-19-3-6(11,7(12,13)14)2(17)15-4(18)16-3/h3H,1H2,(H2,15,16,17,18)/t3-,6+/m1/s1. The van der Waals surface area contributed by atoms with Crippen LogP contribution in [0.4, 0.5) is 35.5 Å². The Bertz CT molecular complexity index is 393. The van der Waals surface area contributed by atoms with Crippen molar-refractivity contribution in [2.75, 3.05) is 6.61 Å². The lowest BCUT2D eigenvalue weighted by Crippen LogP contribution is -2.73. The first-order valence-corrected chi connectivity index (χ1v) is 4.44. The molecular formula is C7H5F7N2O3. The molecule has 1 heterocycles. The van der Waals surface area contributed by atoms with E-state index < -0.39 is 42.8 Å². The van der Waals surface area contributed by atoms with E-state index in [9.17, 15) is 40.3 Å². The Hall–Kier alpha value is -1.59. The number of urea groups is 1. The molecule has 110 valence electrons. The zero-order chi connectivity index (χ0) is 15.1. The Kier molecular flexibility index (Phi) is 3.67. The lowest BCUT2D eigenvalue weighted by Gasteiger charge is -2.37. The Morgan fingerprint density at radius 2 is 1.68 bits per heavy atom. The highest BCUT2D eigenvalue weighted by Gasteiger charge is 2.70. The third kappa shape index (κ3) is 3.05. The van der Waals surface area contributed by atoms with Crippen LogP contribution in [0.5, 0.6) is 0 Å². The fourth-order valence-corrected chi connectivity index (χ4v) is 1.18. The van der Waals surface area contributed by atoms with Gasteiger partial charge in [0.25, 0.3) is 5.91 Å². The number of nitrogens with one attached hydrogen (secondary N) is 2.